The van der Waals surface area contributed by atoms with Crippen molar-refractivity contribution in [2.45, 2.75) is 13.5 Å². The number of carboxylic acids is 1. The second kappa shape index (κ2) is 5.80. The Bertz CT molecular complexity index is 382. The number of rotatable bonds is 5. The summed E-state index contributed by atoms with van der Waals surface area (Å²) in [6.45, 7) is 2.32. The highest BCUT2D eigenvalue weighted by Gasteiger charge is 1.96. The zero-order chi connectivity index (χ0) is 12.0. The van der Waals surface area contributed by atoms with Crippen LogP contribution in [0.1, 0.15) is 12.5 Å². The number of carboxylic acid groups (broad SMARTS) is 1. The van der Waals surface area contributed by atoms with Gasteiger partial charge in [0.25, 0.3) is 0 Å². The van der Waals surface area contributed by atoms with Crippen LogP contribution in [0.4, 0.5) is 0 Å². The van der Waals surface area contributed by atoms with Gasteiger partial charge in [0.2, 0.25) is 0 Å². The summed E-state index contributed by atoms with van der Waals surface area (Å²) in [5.74, 6) is -0.138. The minimum Gasteiger partial charge on any atom is -0.497 e. The second-order valence-electron chi connectivity index (χ2n) is 3.37. The van der Waals surface area contributed by atoms with Crippen LogP contribution in [0.5, 0.6) is 5.75 Å². The molecule has 0 atom stereocenters. The SMILES string of the molecule is COc1ccc(CN/C(C)=C\C(=O)O)cc1. The minimum atomic E-state index is -0.945. The summed E-state index contributed by atoms with van der Waals surface area (Å²) in [5.41, 5.74) is 1.70. The van der Waals surface area contributed by atoms with E-state index in [1.165, 1.54) is 0 Å². The maximum atomic E-state index is 10.4. The largest absolute Gasteiger partial charge is 0.497 e. The van der Waals surface area contributed by atoms with Crippen molar-refractivity contribution in [1.29, 1.82) is 0 Å². The molecule has 16 heavy (non-hydrogen) atoms. The first kappa shape index (κ1) is 12.1. The number of ether oxygens (including phenoxy) is 1. The fourth-order valence-electron chi connectivity index (χ4n) is 1.22. The molecule has 0 saturated carbocycles. The number of aliphatic carboxylic acids is 1. The first-order valence-corrected chi connectivity index (χ1v) is 4.90. The van der Waals surface area contributed by atoms with E-state index in [-0.39, 0.29) is 0 Å². The Morgan fingerprint density at radius 1 is 1.44 bits per heavy atom. The lowest BCUT2D eigenvalue weighted by Crippen LogP contribution is -2.11. The Hall–Kier alpha value is -1.97. The molecule has 0 unspecified atom stereocenters. The molecule has 1 aromatic rings. The van der Waals surface area contributed by atoms with Crippen molar-refractivity contribution in [3.05, 3.63) is 41.6 Å². The van der Waals surface area contributed by atoms with Crippen LogP contribution in [0.15, 0.2) is 36.0 Å². The molecule has 0 aliphatic rings. The van der Waals surface area contributed by atoms with Crippen LogP contribution < -0.4 is 10.1 Å². The lowest BCUT2D eigenvalue weighted by atomic mass is 10.2. The fourth-order valence-corrected chi connectivity index (χ4v) is 1.22. The molecule has 4 nitrogen and oxygen atoms in total. The first-order valence-electron chi connectivity index (χ1n) is 4.90. The van der Waals surface area contributed by atoms with E-state index in [1.807, 2.05) is 24.3 Å². The van der Waals surface area contributed by atoms with Crippen LogP contribution >= 0.6 is 0 Å². The number of allylic oxidation sites excluding steroid dienone is 1. The minimum absolute atomic E-state index is 0.597. The molecule has 0 amide bonds. The lowest BCUT2D eigenvalue weighted by Gasteiger charge is -2.06. The molecule has 2 N–H and O–H groups in total. The van der Waals surface area contributed by atoms with Crippen molar-refractivity contribution < 1.29 is 14.6 Å². The van der Waals surface area contributed by atoms with Gasteiger partial charge in [0.1, 0.15) is 5.75 Å². The average molecular weight is 221 g/mol. The van der Waals surface area contributed by atoms with Gasteiger partial charge in [-0.05, 0) is 24.6 Å². The summed E-state index contributed by atoms with van der Waals surface area (Å²) in [7, 11) is 1.62. The predicted octanol–water partition coefficient (Wildman–Crippen LogP) is 1.77. The summed E-state index contributed by atoms with van der Waals surface area (Å²) < 4.78 is 5.04. The van der Waals surface area contributed by atoms with E-state index >= 15 is 0 Å². The number of nitrogens with one attached hydrogen (secondary N) is 1. The van der Waals surface area contributed by atoms with Gasteiger partial charge in [0.15, 0.2) is 0 Å². The Balaban J connectivity index is 2.51. The Labute approximate surface area is 94.6 Å². The predicted molar refractivity (Wildman–Crippen MR) is 61.2 cm³/mol. The molecule has 1 aromatic carbocycles. The van der Waals surface area contributed by atoms with Crippen LogP contribution in [0.25, 0.3) is 0 Å². The Morgan fingerprint density at radius 3 is 2.56 bits per heavy atom. The molecular weight excluding hydrogens is 206 g/mol. The number of methoxy groups -OCH3 is 1. The van der Waals surface area contributed by atoms with Crippen LogP contribution in [0.3, 0.4) is 0 Å². The van der Waals surface area contributed by atoms with Gasteiger partial charge in [-0.15, -0.1) is 0 Å². The molecule has 0 aromatic heterocycles. The first-order chi connectivity index (χ1) is 7.61. The van der Waals surface area contributed by atoms with E-state index in [2.05, 4.69) is 5.32 Å². The third-order valence-corrected chi connectivity index (χ3v) is 2.07. The van der Waals surface area contributed by atoms with Gasteiger partial charge in [-0.2, -0.15) is 0 Å². The van der Waals surface area contributed by atoms with Crippen molar-refractivity contribution in [3.8, 4) is 5.75 Å². The van der Waals surface area contributed by atoms with Gasteiger partial charge in [-0.25, -0.2) is 4.79 Å². The summed E-state index contributed by atoms with van der Waals surface area (Å²) in [5, 5.41) is 11.5. The maximum Gasteiger partial charge on any atom is 0.330 e. The molecule has 86 valence electrons. The molecule has 0 radical (unpaired) electrons. The smallest absolute Gasteiger partial charge is 0.330 e. The molecule has 0 fully saturated rings. The standard InChI is InChI=1S/C12H15NO3/c1-9(7-12(14)15)13-8-10-3-5-11(16-2)6-4-10/h3-7,13H,8H2,1-2H3,(H,14,15)/b9-7-. The third kappa shape index (κ3) is 4.04. The highest BCUT2D eigenvalue weighted by atomic mass is 16.5. The molecule has 0 spiro atoms. The van der Waals surface area contributed by atoms with E-state index in [1.54, 1.807) is 14.0 Å². The molecule has 0 heterocycles. The maximum absolute atomic E-state index is 10.4. The molecule has 0 bridgehead atoms. The van der Waals surface area contributed by atoms with E-state index in [0.29, 0.717) is 12.2 Å². The fraction of sp³-hybridized carbons (Fsp3) is 0.250. The van der Waals surface area contributed by atoms with Crippen LogP contribution in [0.2, 0.25) is 0 Å². The highest BCUT2D eigenvalue weighted by molar-refractivity contribution is 5.80. The van der Waals surface area contributed by atoms with Crippen LogP contribution in [-0.2, 0) is 11.3 Å². The topological polar surface area (TPSA) is 58.6 Å². The van der Waals surface area contributed by atoms with Crippen molar-refractivity contribution in [3.63, 3.8) is 0 Å². The highest BCUT2D eigenvalue weighted by Crippen LogP contribution is 2.11. The monoisotopic (exact) mass is 221 g/mol. The van der Waals surface area contributed by atoms with Gasteiger partial charge in [-0.1, -0.05) is 12.1 Å². The molecule has 0 aliphatic carbocycles. The molecule has 0 saturated heterocycles. The lowest BCUT2D eigenvalue weighted by molar-refractivity contribution is -0.131. The van der Waals surface area contributed by atoms with Gasteiger partial charge < -0.3 is 15.2 Å². The average Bonchev–Trinajstić information content (AvgIpc) is 2.26. The summed E-state index contributed by atoms with van der Waals surface area (Å²) >= 11 is 0. The number of benzene rings is 1. The number of hydrogen-bond donors (Lipinski definition) is 2. The van der Waals surface area contributed by atoms with Crippen LogP contribution in [-0.4, -0.2) is 18.2 Å². The van der Waals surface area contributed by atoms with Gasteiger partial charge in [0.05, 0.1) is 7.11 Å². The van der Waals surface area contributed by atoms with Crippen molar-refractivity contribution >= 4 is 5.97 Å². The van der Waals surface area contributed by atoms with E-state index in [4.69, 9.17) is 9.84 Å². The second-order valence-corrected chi connectivity index (χ2v) is 3.37. The normalized spacial score (nSPS) is 11.0. The third-order valence-electron chi connectivity index (χ3n) is 2.07. The van der Waals surface area contributed by atoms with Crippen molar-refractivity contribution in [2.75, 3.05) is 7.11 Å². The molecule has 4 heteroatoms. The quantitative estimate of drug-likeness (QED) is 0.744. The van der Waals surface area contributed by atoms with Gasteiger partial charge in [0, 0.05) is 18.3 Å². The van der Waals surface area contributed by atoms with E-state index in [0.717, 1.165) is 17.4 Å². The summed E-state index contributed by atoms with van der Waals surface area (Å²) in [4.78, 5) is 10.4. The number of carbonyl (C=O) groups is 1. The van der Waals surface area contributed by atoms with E-state index < -0.39 is 5.97 Å². The molecular formula is C12H15NO3. The zero-order valence-electron chi connectivity index (χ0n) is 9.36. The molecule has 0 aliphatic heterocycles. The Kier molecular flexibility index (Phi) is 4.39. The summed E-state index contributed by atoms with van der Waals surface area (Å²) in [6, 6.07) is 7.60. The van der Waals surface area contributed by atoms with Crippen LogP contribution in [0, 0.1) is 0 Å². The Morgan fingerprint density at radius 2 is 2.06 bits per heavy atom. The van der Waals surface area contributed by atoms with Crippen molar-refractivity contribution in [2.24, 2.45) is 0 Å². The van der Waals surface area contributed by atoms with Crippen molar-refractivity contribution in [1.82, 2.24) is 5.32 Å². The summed E-state index contributed by atoms with van der Waals surface area (Å²) in [6.07, 6.45) is 1.14. The van der Waals surface area contributed by atoms with E-state index in [9.17, 15) is 4.79 Å². The zero-order valence-corrected chi connectivity index (χ0v) is 9.36. The number of hydrogen-bond acceptors (Lipinski definition) is 3. The van der Waals surface area contributed by atoms with Gasteiger partial charge >= 0.3 is 5.97 Å². The van der Waals surface area contributed by atoms with Gasteiger partial charge in [-0.3, -0.25) is 0 Å². The molecule has 1 rings (SSSR count).